The van der Waals surface area contributed by atoms with Crippen molar-refractivity contribution in [3.63, 3.8) is 0 Å². The molecule has 1 aromatic rings. The number of hydrogen-bond donors (Lipinski definition) is 0. The minimum absolute atomic E-state index is 1.22. The SMILES string of the molecule is [CH]1C=Cc2cnccc21. The molecule has 0 aliphatic heterocycles. The van der Waals surface area contributed by atoms with Gasteiger partial charge in [-0.15, -0.1) is 0 Å². The molecule has 1 aromatic heterocycles. The summed E-state index contributed by atoms with van der Waals surface area (Å²) in [7, 11) is 0. The highest BCUT2D eigenvalue weighted by molar-refractivity contribution is 5.63. The smallest absolute Gasteiger partial charge is 0.0343 e. The molecule has 0 aromatic carbocycles. The number of allylic oxidation sites excluding steroid dienone is 1. The van der Waals surface area contributed by atoms with Gasteiger partial charge in [0.2, 0.25) is 0 Å². The topological polar surface area (TPSA) is 12.9 Å². The highest BCUT2D eigenvalue weighted by Crippen LogP contribution is 2.17. The van der Waals surface area contributed by atoms with Crippen LogP contribution in [0, 0.1) is 6.42 Å². The molecule has 43 valence electrons. The van der Waals surface area contributed by atoms with Crippen molar-refractivity contribution in [2.75, 3.05) is 0 Å². The molecule has 0 amide bonds. The lowest BCUT2D eigenvalue weighted by Gasteiger charge is -1.91. The van der Waals surface area contributed by atoms with E-state index in [1.807, 2.05) is 24.5 Å². The minimum Gasteiger partial charge on any atom is -0.264 e. The van der Waals surface area contributed by atoms with E-state index in [4.69, 9.17) is 0 Å². The van der Waals surface area contributed by atoms with E-state index in [1.54, 1.807) is 0 Å². The highest BCUT2D eigenvalue weighted by Gasteiger charge is 2.01. The maximum absolute atomic E-state index is 3.99. The molecular formula is C8H6N. The molecule has 1 heteroatoms. The van der Waals surface area contributed by atoms with Crippen molar-refractivity contribution in [2.24, 2.45) is 0 Å². The predicted octanol–water partition coefficient (Wildman–Crippen LogP) is 1.66. The van der Waals surface area contributed by atoms with Crippen molar-refractivity contribution in [1.82, 2.24) is 4.98 Å². The van der Waals surface area contributed by atoms with Crippen LogP contribution >= 0.6 is 0 Å². The molecule has 0 N–H and O–H groups in total. The first kappa shape index (κ1) is 4.74. The van der Waals surface area contributed by atoms with Crippen LogP contribution in [0.25, 0.3) is 6.08 Å². The van der Waals surface area contributed by atoms with Crippen molar-refractivity contribution in [2.45, 2.75) is 0 Å². The number of aromatic nitrogens is 1. The van der Waals surface area contributed by atoms with Crippen molar-refractivity contribution in [1.29, 1.82) is 0 Å². The van der Waals surface area contributed by atoms with Gasteiger partial charge in [-0.2, -0.15) is 0 Å². The van der Waals surface area contributed by atoms with E-state index in [-0.39, 0.29) is 0 Å². The monoisotopic (exact) mass is 116 g/mol. The summed E-state index contributed by atoms with van der Waals surface area (Å²) in [5, 5.41) is 0. The molecule has 1 nitrogen and oxygen atoms in total. The third-order valence-electron chi connectivity index (χ3n) is 1.44. The fraction of sp³-hybridized carbons (Fsp3) is 0. The largest absolute Gasteiger partial charge is 0.264 e. The predicted molar refractivity (Wildman–Crippen MR) is 36.7 cm³/mol. The fourth-order valence-corrected chi connectivity index (χ4v) is 0.964. The summed E-state index contributed by atoms with van der Waals surface area (Å²) in [5.74, 6) is 0. The van der Waals surface area contributed by atoms with Gasteiger partial charge in [-0.3, -0.25) is 4.98 Å². The molecule has 1 radical (unpaired) electrons. The van der Waals surface area contributed by atoms with E-state index >= 15 is 0 Å². The van der Waals surface area contributed by atoms with Gasteiger partial charge in [0.05, 0.1) is 0 Å². The summed E-state index contributed by atoms with van der Waals surface area (Å²) in [4.78, 5) is 3.99. The van der Waals surface area contributed by atoms with Crippen LogP contribution in [0.4, 0.5) is 0 Å². The van der Waals surface area contributed by atoms with Crippen LogP contribution in [0.1, 0.15) is 11.1 Å². The Morgan fingerprint density at radius 3 is 3.11 bits per heavy atom. The molecule has 1 aliphatic carbocycles. The molecule has 2 rings (SSSR count). The quantitative estimate of drug-likeness (QED) is 0.502. The van der Waals surface area contributed by atoms with Crippen LogP contribution < -0.4 is 0 Å². The van der Waals surface area contributed by atoms with E-state index in [9.17, 15) is 0 Å². The van der Waals surface area contributed by atoms with E-state index in [2.05, 4.69) is 17.5 Å². The van der Waals surface area contributed by atoms with Gasteiger partial charge in [0.25, 0.3) is 0 Å². The first-order chi connectivity index (χ1) is 4.47. The first-order valence-electron chi connectivity index (χ1n) is 2.92. The molecule has 0 spiro atoms. The van der Waals surface area contributed by atoms with Crippen molar-refractivity contribution in [3.05, 3.63) is 42.1 Å². The second-order valence-electron chi connectivity index (χ2n) is 2.03. The van der Waals surface area contributed by atoms with Gasteiger partial charge in [-0.25, -0.2) is 0 Å². The van der Waals surface area contributed by atoms with Crippen LogP contribution in [0.3, 0.4) is 0 Å². The van der Waals surface area contributed by atoms with Crippen LogP contribution in [0.15, 0.2) is 24.5 Å². The average molecular weight is 116 g/mol. The molecule has 0 unspecified atom stereocenters. The Bertz CT molecular complexity index is 250. The summed E-state index contributed by atoms with van der Waals surface area (Å²) < 4.78 is 0. The Morgan fingerprint density at radius 1 is 1.22 bits per heavy atom. The highest BCUT2D eigenvalue weighted by atomic mass is 14.6. The third kappa shape index (κ3) is 0.653. The summed E-state index contributed by atoms with van der Waals surface area (Å²) in [6, 6.07) is 2.01. The Kier molecular flexibility index (Phi) is 0.890. The Hall–Kier alpha value is -1.11. The Balaban J connectivity index is 2.63. The summed E-state index contributed by atoms with van der Waals surface area (Å²) in [5.41, 5.74) is 2.49. The van der Waals surface area contributed by atoms with Gasteiger partial charge in [-0.05, 0) is 17.2 Å². The van der Waals surface area contributed by atoms with E-state index < -0.39 is 0 Å². The van der Waals surface area contributed by atoms with Crippen LogP contribution in [0.2, 0.25) is 0 Å². The summed E-state index contributed by atoms with van der Waals surface area (Å²) in [6.07, 6.45) is 9.85. The molecule has 0 fully saturated rings. The standard InChI is InChI=1S/C8H6N/c1-2-7-4-5-9-6-8(7)3-1/h1-6H. The average Bonchev–Trinajstić information content (AvgIpc) is 2.33. The number of rotatable bonds is 0. The van der Waals surface area contributed by atoms with Gasteiger partial charge in [0.1, 0.15) is 0 Å². The van der Waals surface area contributed by atoms with Gasteiger partial charge >= 0.3 is 0 Å². The van der Waals surface area contributed by atoms with Gasteiger partial charge in [0, 0.05) is 18.8 Å². The Morgan fingerprint density at radius 2 is 2.22 bits per heavy atom. The Labute approximate surface area is 54.1 Å². The van der Waals surface area contributed by atoms with Gasteiger partial charge < -0.3 is 0 Å². The molecule has 0 bridgehead atoms. The lowest BCUT2D eigenvalue weighted by Crippen LogP contribution is -1.78. The number of pyridine rings is 1. The molecule has 0 atom stereocenters. The molecule has 1 heterocycles. The van der Waals surface area contributed by atoms with E-state index in [0.29, 0.717) is 0 Å². The summed E-state index contributed by atoms with van der Waals surface area (Å²) >= 11 is 0. The van der Waals surface area contributed by atoms with Crippen LogP contribution in [-0.4, -0.2) is 4.98 Å². The fourth-order valence-electron chi connectivity index (χ4n) is 0.964. The normalized spacial score (nSPS) is 13.8. The van der Waals surface area contributed by atoms with Crippen molar-refractivity contribution in [3.8, 4) is 0 Å². The van der Waals surface area contributed by atoms with Crippen LogP contribution in [0.5, 0.6) is 0 Å². The molecular weight excluding hydrogens is 110 g/mol. The maximum atomic E-state index is 3.99. The maximum Gasteiger partial charge on any atom is 0.0343 e. The van der Waals surface area contributed by atoms with Crippen molar-refractivity contribution >= 4 is 6.08 Å². The molecule has 0 saturated heterocycles. The first-order valence-corrected chi connectivity index (χ1v) is 2.92. The lowest BCUT2D eigenvalue weighted by molar-refractivity contribution is 1.30. The molecule has 1 aliphatic rings. The minimum atomic E-state index is 1.22. The second kappa shape index (κ2) is 1.69. The van der Waals surface area contributed by atoms with E-state index in [1.165, 1.54) is 11.1 Å². The lowest BCUT2D eigenvalue weighted by atomic mass is 10.2. The number of fused-ring (bicyclic) bond motifs is 1. The molecule has 9 heavy (non-hydrogen) atoms. The second-order valence-corrected chi connectivity index (χ2v) is 2.03. The number of nitrogens with zero attached hydrogens (tertiary/aromatic N) is 1. The molecule has 0 saturated carbocycles. The zero-order valence-corrected chi connectivity index (χ0v) is 4.91. The van der Waals surface area contributed by atoms with E-state index in [0.717, 1.165) is 0 Å². The zero-order valence-electron chi connectivity index (χ0n) is 4.91. The van der Waals surface area contributed by atoms with Gasteiger partial charge in [-0.1, -0.05) is 12.2 Å². The zero-order chi connectivity index (χ0) is 6.10. The third-order valence-corrected chi connectivity index (χ3v) is 1.44. The number of hydrogen-bond acceptors (Lipinski definition) is 1. The summed E-state index contributed by atoms with van der Waals surface area (Å²) in [6.45, 7) is 0. The van der Waals surface area contributed by atoms with Gasteiger partial charge in [0.15, 0.2) is 0 Å². The van der Waals surface area contributed by atoms with Crippen LogP contribution in [-0.2, 0) is 0 Å². The van der Waals surface area contributed by atoms with Crippen molar-refractivity contribution < 1.29 is 0 Å².